The number of methoxy groups -OCH3 is 1. The number of alkyl halides is 3. The van der Waals surface area contributed by atoms with Crippen LogP contribution in [0.5, 0.6) is 5.75 Å². The average Bonchev–Trinajstić information content (AvgIpc) is 3.02. The molecule has 25 heavy (non-hydrogen) atoms. The Morgan fingerprint density at radius 2 is 1.80 bits per heavy atom. The first-order valence-corrected chi connectivity index (χ1v) is 7.81. The SMILES string of the molecule is COc1cc(CCCO)cc2cc(-c3ccc(C(F)(F)F)cc3)oc12. The van der Waals surface area contributed by atoms with Gasteiger partial charge in [0.1, 0.15) is 5.76 Å². The van der Waals surface area contributed by atoms with E-state index < -0.39 is 11.7 Å². The number of ether oxygens (including phenoxy) is 1. The van der Waals surface area contributed by atoms with Crippen LogP contribution in [0.25, 0.3) is 22.3 Å². The lowest BCUT2D eigenvalue weighted by atomic mass is 10.1. The van der Waals surface area contributed by atoms with E-state index >= 15 is 0 Å². The Bertz CT molecular complexity index is 864. The number of hydrogen-bond donors (Lipinski definition) is 1. The van der Waals surface area contributed by atoms with Crippen molar-refractivity contribution in [3.63, 3.8) is 0 Å². The number of aliphatic hydroxyl groups is 1. The third-order valence-electron chi connectivity index (χ3n) is 3.98. The fourth-order valence-corrected chi connectivity index (χ4v) is 2.73. The van der Waals surface area contributed by atoms with Crippen LogP contribution in [0.1, 0.15) is 17.5 Å². The summed E-state index contributed by atoms with van der Waals surface area (Å²) < 4.78 is 49.2. The van der Waals surface area contributed by atoms with Crippen LogP contribution < -0.4 is 4.74 Å². The maximum absolute atomic E-state index is 12.7. The van der Waals surface area contributed by atoms with Crippen LogP contribution in [0.2, 0.25) is 0 Å². The van der Waals surface area contributed by atoms with Crippen molar-refractivity contribution in [3.05, 3.63) is 53.6 Å². The van der Waals surface area contributed by atoms with Gasteiger partial charge >= 0.3 is 6.18 Å². The second-order valence-corrected chi connectivity index (χ2v) is 5.73. The van der Waals surface area contributed by atoms with Crippen LogP contribution in [0.15, 0.2) is 46.9 Å². The fraction of sp³-hybridized carbons (Fsp3) is 0.263. The molecule has 0 aliphatic rings. The van der Waals surface area contributed by atoms with Gasteiger partial charge in [-0.2, -0.15) is 13.2 Å². The minimum atomic E-state index is -4.36. The van der Waals surface area contributed by atoms with Crippen molar-refractivity contribution >= 4 is 11.0 Å². The number of furan rings is 1. The van der Waals surface area contributed by atoms with Crippen molar-refractivity contribution in [3.8, 4) is 17.1 Å². The molecule has 0 amide bonds. The van der Waals surface area contributed by atoms with Crippen molar-refractivity contribution in [1.82, 2.24) is 0 Å². The topological polar surface area (TPSA) is 42.6 Å². The van der Waals surface area contributed by atoms with Gasteiger partial charge < -0.3 is 14.3 Å². The van der Waals surface area contributed by atoms with Crippen LogP contribution in [0.4, 0.5) is 13.2 Å². The molecule has 2 aromatic carbocycles. The third-order valence-corrected chi connectivity index (χ3v) is 3.98. The predicted octanol–water partition coefficient (Wildman–Crippen LogP) is 5.05. The van der Waals surface area contributed by atoms with Crippen molar-refractivity contribution < 1.29 is 27.4 Å². The summed E-state index contributed by atoms with van der Waals surface area (Å²) in [4.78, 5) is 0. The standard InChI is InChI=1S/C19H17F3O3/c1-24-17-10-12(3-2-8-23)9-14-11-16(25-18(14)17)13-4-6-15(7-5-13)19(20,21)22/h4-7,9-11,23H,2-3,8H2,1H3. The molecule has 0 fully saturated rings. The molecule has 0 saturated heterocycles. The van der Waals surface area contributed by atoms with Crippen molar-refractivity contribution in [2.45, 2.75) is 19.0 Å². The molecule has 3 rings (SSSR count). The van der Waals surface area contributed by atoms with Gasteiger partial charge in [0.15, 0.2) is 11.3 Å². The van der Waals surface area contributed by atoms with Crippen LogP contribution >= 0.6 is 0 Å². The molecule has 0 saturated carbocycles. The highest BCUT2D eigenvalue weighted by Gasteiger charge is 2.30. The van der Waals surface area contributed by atoms with Crippen molar-refractivity contribution in [1.29, 1.82) is 0 Å². The van der Waals surface area contributed by atoms with E-state index in [1.165, 1.54) is 19.2 Å². The predicted molar refractivity (Wildman–Crippen MR) is 88.6 cm³/mol. The minimum absolute atomic E-state index is 0.0997. The minimum Gasteiger partial charge on any atom is -0.493 e. The Labute approximate surface area is 142 Å². The molecule has 1 aromatic heterocycles. The van der Waals surface area contributed by atoms with E-state index in [2.05, 4.69) is 0 Å². The number of rotatable bonds is 5. The van der Waals surface area contributed by atoms with E-state index in [-0.39, 0.29) is 6.61 Å². The van der Waals surface area contributed by atoms with Gasteiger partial charge in [-0.3, -0.25) is 0 Å². The maximum Gasteiger partial charge on any atom is 0.416 e. The van der Waals surface area contributed by atoms with Gasteiger partial charge in [-0.1, -0.05) is 12.1 Å². The molecule has 1 heterocycles. The molecule has 3 nitrogen and oxygen atoms in total. The molecule has 0 unspecified atom stereocenters. The Morgan fingerprint density at radius 1 is 1.08 bits per heavy atom. The van der Waals surface area contributed by atoms with E-state index in [4.69, 9.17) is 14.3 Å². The van der Waals surface area contributed by atoms with Crippen LogP contribution in [0.3, 0.4) is 0 Å². The average molecular weight is 350 g/mol. The number of hydrogen-bond acceptors (Lipinski definition) is 3. The lowest BCUT2D eigenvalue weighted by Crippen LogP contribution is -2.03. The van der Waals surface area contributed by atoms with Gasteiger partial charge in [0.2, 0.25) is 0 Å². The highest BCUT2D eigenvalue weighted by molar-refractivity contribution is 5.88. The zero-order valence-electron chi connectivity index (χ0n) is 13.6. The first kappa shape index (κ1) is 17.4. The van der Waals surface area contributed by atoms with Crippen LogP contribution in [-0.2, 0) is 12.6 Å². The molecular weight excluding hydrogens is 333 g/mol. The molecular formula is C19H17F3O3. The molecule has 0 radical (unpaired) electrons. The number of aliphatic hydroxyl groups excluding tert-OH is 1. The number of benzene rings is 2. The normalized spacial score (nSPS) is 11.9. The summed E-state index contributed by atoms with van der Waals surface area (Å²) in [5, 5.41) is 9.78. The number of fused-ring (bicyclic) bond motifs is 1. The Hall–Kier alpha value is -2.47. The van der Waals surface area contributed by atoms with E-state index in [0.29, 0.717) is 35.5 Å². The van der Waals surface area contributed by atoms with Gasteiger partial charge in [0.25, 0.3) is 0 Å². The van der Waals surface area contributed by atoms with Gasteiger partial charge in [-0.15, -0.1) is 0 Å². The van der Waals surface area contributed by atoms with E-state index in [0.717, 1.165) is 23.1 Å². The van der Waals surface area contributed by atoms with Gasteiger partial charge in [-0.25, -0.2) is 0 Å². The molecule has 6 heteroatoms. The molecule has 0 aliphatic heterocycles. The number of aryl methyl sites for hydroxylation is 1. The summed E-state index contributed by atoms with van der Waals surface area (Å²) in [7, 11) is 1.53. The summed E-state index contributed by atoms with van der Waals surface area (Å²) in [6, 6.07) is 10.4. The quantitative estimate of drug-likeness (QED) is 0.700. The highest BCUT2D eigenvalue weighted by atomic mass is 19.4. The zero-order chi connectivity index (χ0) is 18.0. The summed E-state index contributed by atoms with van der Waals surface area (Å²) in [6.07, 6.45) is -3.03. The summed E-state index contributed by atoms with van der Waals surface area (Å²) in [5.74, 6) is 1.03. The Balaban J connectivity index is 2.00. The summed E-state index contributed by atoms with van der Waals surface area (Å²) >= 11 is 0. The largest absolute Gasteiger partial charge is 0.493 e. The van der Waals surface area contributed by atoms with E-state index in [1.54, 1.807) is 6.07 Å². The lowest BCUT2D eigenvalue weighted by molar-refractivity contribution is -0.137. The number of halogens is 3. The summed E-state index contributed by atoms with van der Waals surface area (Å²) in [6.45, 7) is 0.0997. The monoisotopic (exact) mass is 350 g/mol. The zero-order valence-corrected chi connectivity index (χ0v) is 13.6. The summed E-state index contributed by atoms with van der Waals surface area (Å²) in [5.41, 5.74) is 1.41. The first-order chi connectivity index (χ1) is 11.9. The third kappa shape index (κ3) is 3.64. The Morgan fingerprint density at radius 3 is 2.40 bits per heavy atom. The van der Waals surface area contributed by atoms with E-state index in [9.17, 15) is 13.2 Å². The second kappa shape index (κ2) is 6.80. The van der Waals surface area contributed by atoms with Crippen LogP contribution in [-0.4, -0.2) is 18.8 Å². The molecule has 0 spiro atoms. The van der Waals surface area contributed by atoms with Crippen molar-refractivity contribution in [2.75, 3.05) is 13.7 Å². The van der Waals surface area contributed by atoms with Gasteiger partial charge in [0, 0.05) is 17.6 Å². The molecule has 0 atom stereocenters. The molecule has 3 aromatic rings. The molecule has 0 bridgehead atoms. The smallest absolute Gasteiger partial charge is 0.416 e. The maximum atomic E-state index is 12.7. The fourth-order valence-electron chi connectivity index (χ4n) is 2.73. The second-order valence-electron chi connectivity index (χ2n) is 5.73. The van der Waals surface area contributed by atoms with Gasteiger partial charge in [-0.05, 0) is 48.7 Å². The first-order valence-electron chi connectivity index (χ1n) is 7.81. The molecule has 0 aliphatic carbocycles. The highest BCUT2D eigenvalue weighted by Crippen LogP contribution is 2.36. The van der Waals surface area contributed by atoms with Crippen LogP contribution in [0, 0.1) is 0 Å². The Kier molecular flexibility index (Phi) is 4.72. The van der Waals surface area contributed by atoms with Crippen molar-refractivity contribution in [2.24, 2.45) is 0 Å². The van der Waals surface area contributed by atoms with Gasteiger partial charge in [0.05, 0.1) is 12.7 Å². The lowest BCUT2D eigenvalue weighted by Gasteiger charge is -2.06. The molecule has 132 valence electrons. The van der Waals surface area contributed by atoms with E-state index in [1.807, 2.05) is 12.1 Å². The molecule has 1 N–H and O–H groups in total.